The molecule has 7 heteroatoms. The van der Waals surface area contributed by atoms with Crippen LogP contribution in [0.2, 0.25) is 0 Å². The first kappa shape index (κ1) is 22.4. The third kappa shape index (κ3) is 5.56. The molecule has 152 valence electrons. The molecule has 2 unspecified atom stereocenters. The smallest absolute Gasteiger partial charge is 0.251 e. The molecular formula is C21H27ClN2O3S. The Labute approximate surface area is 173 Å². The van der Waals surface area contributed by atoms with Gasteiger partial charge < -0.3 is 10.6 Å². The van der Waals surface area contributed by atoms with E-state index in [1.165, 1.54) is 0 Å². The van der Waals surface area contributed by atoms with E-state index >= 15 is 0 Å². The predicted octanol–water partition coefficient (Wildman–Crippen LogP) is 3.12. The molecule has 1 aliphatic rings. The highest BCUT2D eigenvalue weighted by Gasteiger charge is 2.23. The number of hydrogen-bond donors (Lipinski definition) is 2. The molecule has 1 amide bonds. The van der Waals surface area contributed by atoms with Crippen molar-refractivity contribution in [1.82, 2.24) is 10.6 Å². The standard InChI is InChI=1S/C21H26N2O3S.ClH/c1-15-3-9-19(10-4-15)27(25,26)14-17-5-7-18(8-6-17)21(24)23-20-13-22-12-11-16(20)2;/h3-10,16,20,22H,11-14H2,1-2H3,(H,23,24);1H. The van der Waals surface area contributed by atoms with Gasteiger partial charge >= 0.3 is 0 Å². The molecule has 2 aromatic carbocycles. The van der Waals surface area contributed by atoms with Gasteiger partial charge in [-0.15, -0.1) is 12.4 Å². The SMILES string of the molecule is Cc1ccc(S(=O)(=O)Cc2ccc(C(=O)NC3CNCCC3C)cc2)cc1.Cl. The van der Waals surface area contributed by atoms with Crippen molar-refractivity contribution in [2.24, 2.45) is 5.92 Å². The summed E-state index contributed by atoms with van der Waals surface area (Å²) in [4.78, 5) is 12.8. The highest BCUT2D eigenvalue weighted by Crippen LogP contribution is 2.18. The number of carbonyl (C=O) groups is 1. The van der Waals surface area contributed by atoms with Crippen molar-refractivity contribution < 1.29 is 13.2 Å². The zero-order chi connectivity index (χ0) is 19.4. The van der Waals surface area contributed by atoms with Gasteiger partial charge in [0.25, 0.3) is 5.91 Å². The third-order valence-corrected chi connectivity index (χ3v) is 6.80. The van der Waals surface area contributed by atoms with Crippen molar-refractivity contribution in [3.05, 3.63) is 65.2 Å². The van der Waals surface area contributed by atoms with Crippen molar-refractivity contribution >= 4 is 28.2 Å². The molecular weight excluding hydrogens is 396 g/mol. The Morgan fingerprint density at radius 2 is 1.75 bits per heavy atom. The van der Waals surface area contributed by atoms with Crippen LogP contribution in [-0.4, -0.2) is 33.5 Å². The molecule has 0 radical (unpaired) electrons. The second-order valence-electron chi connectivity index (χ2n) is 7.32. The molecule has 0 spiro atoms. The molecule has 2 N–H and O–H groups in total. The summed E-state index contributed by atoms with van der Waals surface area (Å²) >= 11 is 0. The molecule has 2 atom stereocenters. The maximum Gasteiger partial charge on any atom is 0.251 e. The lowest BCUT2D eigenvalue weighted by Crippen LogP contribution is -2.50. The molecule has 28 heavy (non-hydrogen) atoms. The summed E-state index contributed by atoms with van der Waals surface area (Å²) in [5, 5.41) is 6.36. The fraction of sp³-hybridized carbons (Fsp3) is 0.381. The number of nitrogens with one attached hydrogen (secondary N) is 2. The summed E-state index contributed by atoms with van der Waals surface area (Å²) in [7, 11) is -3.40. The average molecular weight is 423 g/mol. The van der Waals surface area contributed by atoms with E-state index in [9.17, 15) is 13.2 Å². The van der Waals surface area contributed by atoms with Crippen LogP contribution >= 0.6 is 12.4 Å². The second-order valence-corrected chi connectivity index (χ2v) is 9.31. The molecule has 5 nitrogen and oxygen atoms in total. The average Bonchev–Trinajstić information content (AvgIpc) is 2.64. The minimum Gasteiger partial charge on any atom is -0.348 e. The van der Waals surface area contributed by atoms with E-state index in [4.69, 9.17) is 0 Å². The van der Waals surface area contributed by atoms with Crippen LogP contribution in [0.1, 0.15) is 34.8 Å². The Balaban J connectivity index is 0.00000280. The van der Waals surface area contributed by atoms with Gasteiger partial charge in [0.15, 0.2) is 9.84 Å². The van der Waals surface area contributed by atoms with Gasteiger partial charge in [-0.1, -0.05) is 36.8 Å². The molecule has 0 aliphatic carbocycles. The van der Waals surface area contributed by atoms with Crippen LogP contribution in [0.25, 0.3) is 0 Å². The van der Waals surface area contributed by atoms with E-state index in [1.54, 1.807) is 48.5 Å². The highest BCUT2D eigenvalue weighted by atomic mass is 35.5. The number of amides is 1. The summed E-state index contributed by atoms with van der Waals surface area (Å²) in [5.74, 6) is 0.235. The number of rotatable bonds is 5. The topological polar surface area (TPSA) is 75.3 Å². The summed E-state index contributed by atoms with van der Waals surface area (Å²) in [6, 6.07) is 13.8. The van der Waals surface area contributed by atoms with Crippen molar-refractivity contribution in [3.63, 3.8) is 0 Å². The first-order valence-electron chi connectivity index (χ1n) is 9.25. The Morgan fingerprint density at radius 3 is 2.36 bits per heavy atom. The monoisotopic (exact) mass is 422 g/mol. The Bertz CT molecular complexity index is 896. The number of hydrogen-bond acceptors (Lipinski definition) is 4. The van der Waals surface area contributed by atoms with Gasteiger partial charge in [0.2, 0.25) is 0 Å². The summed E-state index contributed by atoms with van der Waals surface area (Å²) < 4.78 is 25.1. The summed E-state index contributed by atoms with van der Waals surface area (Å²) in [6.45, 7) is 5.83. The van der Waals surface area contributed by atoms with Gasteiger partial charge in [-0.3, -0.25) is 4.79 Å². The van der Waals surface area contributed by atoms with Crippen LogP contribution in [-0.2, 0) is 15.6 Å². The minimum absolute atomic E-state index is 0. The Morgan fingerprint density at radius 1 is 1.11 bits per heavy atom. The van der Waals surface area contributed by atoms with Crippen LogP contribution in [0.3, 0.4) is 0 Å². The van der Waals surface area contributed by atoms with E-state index < -0.39 is 9.84 Å². The van der Waals surface area contributed by atoms with Gasteiger partial charge in [0.05, 0.1) is 10.6 Å². The maximum atomic E-state index is 12.5. The molecule has 1 fully saturated rings. The van der Waals surface area contributed by atoms with Crippen LogP contribution in [0.15, 0.2) is 53.4 Å². The molecule has 3 rings (SSSR count). The third-order valence-electron chi connectivity index (χ3n) is 5.10. The number of sulfone groups is 1. The van der Waals surface area contributed by atoms with Crippen LogP contribution < -0.4 is 10.6 Å². The number of carbonyl (C=O) groups excluding carboxylic acids is 1. The first-order chi connectivity index (χ1) is 12.8. The van der Waals surface area contributed by atoms with Crippen LogP contribution in [0.4, 0.5) is 0 Å². The minimum atomic E-state index is -3.40. The number of piperidine rings is 1. The fourth-order valence-electron chi connectivity index (χ4n) is 3.24. The highest BCUT2D eigenvalue weighted by molar-refractivity contribution is 7.90. The van der Waals surface area contributed by atoms with Gasteiger partial charge in [0, 0.05) is 18.2 Å². The molecule has 0 bridgehead atoms. The zero-order valence-electron chi connectivity index (χ0n) is 16.1. The van der Waals surface area contributed by atoms with Crippen molar-refractivity contribution in [1.29, 1.82) is 0 Å². The summed E-state index contributed by atoms with van der Waals surface area (Å²) in [5.41, 5.74) is 2.23. The molecule has 1 aliphatic heterocycles. The molecule has 1 heterocycles. The fourth-order valence-corrected chi connectivity index (χ4v) is 4.58. The summed E-state index contributed by atoms with van der Waals surface area (Å²) in [6.07, 6.45) is 1.04. The lowest BCUT2D eigenvalue weighted by Gasteiger charge is -2.30. The number of benzene rings is 2. The lowest BCUT2D eigenvalue weighted by molar-refractivity contribution is 0.0915. The van der Waals surface area contributed by atoms with Gasteiger partial charge in [0.1, 0.15) is 0 Å². The van der Waals surface area contributed by atoms with E-state index in [-0.39, 0.29) is 30.1 Å². The molecule has 0 aromatic heterocycles. The van der Waals surface area contributed by atoms with Crippen molar-refractivity contribution in [2.45, 2.75) is 37.0 Å². The number of aryl methyl sites for hydroxylation is 1. The van der Waals surface area contributed by atoms with Crippen molar-refractivity contribution in [2.75, 3.05) is 13.1 Å². The van der Waals surface area contributed by atoms with Crippen molar-refractivity contribution in [3.8, 4) is 0 Å². The van der Waals surface area contributed by atoms with Gasteiger partial charge in [-0.2, -0.15) is 0 Å². The van der Waals surface area contributed by atoms with E-state index in [0.717, 1.165) is 25.1 Å². The molecule has 0 saturated carbocycles. The van der Waals surface area contributed by atoms with Crippen LogP contribution in [0, 0.1) is 12.8 Å². The maximum absolute atomic E-state index is 12.5. The van der Waals surface area contributed by atoms with Gasteiger partial charge in [-0.25, -0.2) is 8.42 Å². The van der Waals surface area contributed by atoms with E-state index in [2.05, 4.69) is 17.6 Å². The van der Waals surface area contributed by atoms with E-state index in [1.807, 2.05) is 6.92 Å². The number of halogens is 1. The largest absolute Gasteiger partial charge is 0.348 e. The van der Waals surface area contributed by atoms with Crippen LogP contribution in [0.5, 0.6) is 0 Å². The Hall–Kier alpha value is -1.89. The predicted molar refractivity (Wildman–Crippen MR) is 114 cm³/mol. The first-order valence-corrected chi connectivity index (χ1v) is 10.9. The van der Waals surface area contributed by atoms with E-state index in [0.29, 0.717) is 21.9 Å². The van der Waals surface area contributed by atoms with Gasteiger partial charge in [-0.05, 0) is 55.6 Å². The molecule has 1 saturated heterocycles. The molecule has 2 aromatic rings. The quantitative estimate of drug-likeness (QED) is 0.776. The normalized spacial score (nSPS) is 19.5. The lowest BCUT2D eigenvalue weighted by atomic mass is 9.94. The second kappa shape index (κ2) is 9.54. The zero-order valence-corrected chi connectivity index (χ0v) is 17.8. The Kier molecular flexibility index (Phi) is 7.63.